The molecule has 25 heavy (non-hydrogen) atoms. The number of nitrogens with zero attached hydrogens (tertiary/aromatic N) is 3. The molecule has 1 fully saturated rings. The van der Waals surface area contributed by atoms with E-state index in [-0.39, 0.29) is 23.6 Å². The van der Waals surface area contributed by atoms with Gasteiger partial charge in [0.25, 0.3) is 11.1 Å². The van der Waals surface area contributed by atoms with Crippen LogP contribution in [0.4, 0.5) is 4.79 Å². The lowest BCUT2D eigenvalue weighted by atomic mass is 10.1. The van der Waals surface area contributed by atoms with E-state index in [1.54, 1.807) is 6.20 Å². The van der Waals surface area contributed by atoms with E-state index >= 15 is 0 Å². The minimum absolute atomic E-state index is 0. The number of pyridine rings is 1. The van der Waals surface area contributed by atoms with Crippen LogP contribution in [0.25, 0.3) is 5.65 Å². The molecule has 2 amide bonds. The van der Waals surface area contributed by atoms with Gasteiger partial charge in [-0.25, -0.2) is 4.98 Å². The number of aromatic nitrogens is 2. The van der Waals surface area contributed by atoms with Gasteiger partial charge >= 0.3 is 0 Å². The van der Waals surface area contributed by atoms with Gasteiger partial charge < -0.3 is 4.40 Å². The van der Waals surface area contributed by atoms with Crippen LogP contribution in [-0.2, 0) is 11.2 Å². The number of aryl methyl sites for hydroxylation is 1. The van der Waals surface area contributed by atoms with Crippen LogP contribution in [0.1, 0.15) is 38.3 Å². The molecule has 1 aliphatic heterocycles. The molecule has 134 valence electrons. The summed E-state index contributed by atoms with van der Waals surface area (Å²) in [6.07, 6.45) is 10.1. The van der Waals surface area contributed by atoms with Crippen molar-refractivity contribution in [3.63, 3.8) is 0 Å². The van der Waals surface area contributed by atoms with E-state index in [4.69, 9.17) is 0 Å². The second-order valence-corrected chi connectivity index (χ2v) is 6.80. The van der Waals surface area contributed by atoms with Crippen molar-refractivity contribution in [3.05, 3.63) is 47.3 Å². The minimum Gasteiger partial charge on any atom is -0.304 e. The van der Waals surface area contributed by atoms with Crippen molar-refractivity contribution in [2.75, 3.05) is 6.54 Å². The second-order valence-electron chi connectivity index (χ2n) is 5.81. The smallest absolute Gasteiger partial charge is 0.293 e. The van der Waals surface area contributed by atoms with Gasteiger partial charge in [0.15, 0.2) is 0 Å². The molecule has 0 unspecified atom stereocenters. The maximum Gasteiger partial charge on any atom is 0.293 e. The predicted molar refractivity (Wildman–Crippen MR) is 103 cm³/mol. The number of rotatable bonds is 7. The first-order valence-electron chi connectivity index (χ1n) is 8.35. The Balaban J connectivity index is 0.00000225. The molecular formula is C18H22ClN3O2S. The molecular weight excluding hydrogens is 358 g/mol. The predicted octanol–water partition coefficient (Wildman–Crippen LogP) is 4.46. The average molecular weight is 380 g/mol. The summed E-state index contributed by atoms with van der Waals surface area (Å²) in [5, 5.41) is -0.140. The number of halogens is 1. The second kappa shape index (κ2) is 9.06. The van der Waals surface area contributed by atoms with Gasteiger partial charge in [0.1, 0.15) is 5.65 Å². The zero-order valence-corrected chi connectivity index (χ0v) is 15.8. The van der Waals surface area contributed by atoms with Gasteiger partial charge in [0.05, 0.1) is 4.91 Å². The van der Waals surface area contributed by atoms with Gasteiger partial charge in [0, 0.05) is 24.6 Å². The van der Waals surface area contributed by atoms with Crippen LogP contribution < -0.4 is 0 Å². The number of hydrogen-bond donors (Lipinski definition) is 0. The molecule has 2 aromatic heterocycles. The minimum atomic E-state index is -0.140. The number of unbranched alkanes of at least 4 members (excludes halogenated alkanes) is 2. The fourth-order valence-electron chi connectivity index (χ4n) is 2.79. The molecule has 3 heterocycles. The summed E-state index contributed by atoms with van der Waals surface area (Å²) in [7, 11) is 0. The standard InChI is InChI=1S/C18H21N3O2S.ClH/c1-2-3-9-15-17(22)21(18(23)24-15)12-5-4-7-14-8-6-10-16-19-11-13-20(14)16;/h6,8-11,13H,2-5,7,12H2,1H3;1H/b15-9+;. The first kappa shape index (κ1) is 19.5. The number of fused-ring (bicyclic) bond motifs is 1. The average Bonchev–Trinajstić information content (AvgIpc) is 3.16. The third-order valence-corrected chi connectivity index (χ3v) is 5.03. The van der Waals surface area contributed by atoms with Gasteiger partial charge in [-0.2, -0.15) is 0 Å². The van der Waals surface area contributed by atoms with Crippen LogP contribution in [0.5, 0.6) is 0 Å². The Labute approximate surface area is 157 Å². The number of allylic oxidation sites excluding steroid dienone is 1. The summed E-state index contributed by atoms with van der Waals surface area (Å²) in [6, 6.07) is 6.07. The summed E-state index contributed by atoms with van der Waals surface area (Å²) < 4.78 is 2.08. The van der Waals surface area contributed by atoms with E-state index < -0.39 is 0 Å². The molecule has 7 heteroatoms. The van der Waals surface area contributed by atoms with Crippen molar-refractivity contribution in [2.24, 2.45) is 0 Å². The molecule has 0 bridgehead atoms. The highest BCUT2D eigenvalue weighted by Gasteiger charge is 2.34. The molecule has 0 aliphatic carbocycles. The molecule has 1 saturated heterocycles. The van der Waals surface area contributed by atoms with Crippen LogP contribution in [0.2, 0.25) is 0 Å². The molecule has 0 radical (unpaired) electrons. The van der Waals surface area contributed by atoms with Gasteiger partial charge in [-0.05, 0) is 49.6 Å². The third kappa shape index (κ3) is 4.44. The largest absolute Gasteiger partial charge is 0.304 e. The highest BCUT2D eigenvalue weighted by Crippen LogP contribution is 2.31. The van der Waals surface area contributed by atoms with Gasteiger partial charge in [0.2, 0.25) is 0 Å². The number of hydrogen-bond acceptors (Lipinski definition) is 4. The molecule has 0 atom stereocenters. The molecule has 0 spiro atoms. The van der Waals surface area contributed by atoms with Crippen LogP contribution in [-0.4, -0.2) is 32.0 Å². The van der Waals surface area contributed by atoms with Crippen LogP contribution in [0.3, 0.4) is 0 Å². The molecule has 0 saturated carbocycles. The van der Waals surface area contributed by atoms with E-state index in [1.165, 1.54) is 10.6 Å². The molecule has 1 aliphatic rings. The van der Waals surface area contributed by atoms with E-state index in [1.807, 2.05) is 24.4 Å². The first-order valence-corrected chi connectivity index (χ1v) is 9.17. The molecule has 0 aromatic carbocycles. The highest BCUT2D eigenvalue weighted by atomic mass is 35.5. The first-order chi connectivity index (χ1) is 11.7. The topological polar surface area (TPSA) is 54.7 Å². The molecule has 0 N–H and O–H groups in total. The van der Waals surface area contributed by atoms with Crippen LogP contribution >= 0.6 is 24.2 Å². The Kier molecular flexibility index (Phi) is 7.08. The number of carbonyl (C=O) groups is 2. The Bertz CT molecular complexity index is 787. The summed E-state index contributed by atoms with van der Waals surface area (Å²) in [5.74, 6) is -0.129. The van der Waals surface area contributed by atoms with E-state index in [0.29, 0.717) is 11.4 Å². The zero-order valence-electron chi connectivity index (χ0n) is 14.2. The summed E-state index contributed by atoms with van der Waals surface area (Å²) in [6.45, 7) is 2.55. The summed E-state index contributed by atoms with van der Waals surface area (Å²) >= 11 is 1.07. The molecule has 2 aromatic rings. The third-order valence-electron chi connectivity index (χ3n) is 4.07. The van der Waals surface area contributed by atoms with Gasteiger partial charge in [-0.15, -0.1) is 12.4 Å². The quantitative estimate of drug-likeness (QED) is 0.526. The van der Waals surface area contributed by atoms with Crippen molar-refractivity contribution in [3.8, 4) is 0 Å². The fraction of sp³-hybridized carbons (Fsp3) is 0.389. The lowest BCUT2D eigenvalue weighted by Crippen LogP contribution is -2.29. The van der Waals surface area contributed by atoms with Crippen LogP contribution in [0.15, 0.2) is 41.6 Å². The van der Waals surface area contributed by atoms with E-state index in [2.05, 4.69) is 22.4 Å². The number of amides is 2. The molecule has 5 nitrogen and oxygen atoms in total. The van der Waals surface area contributed by atoms with Gasteiger partial charge in [-0.1, -0.05) is 25.5 Å². The lowest BCUT2D eigenvalue weighted by Gasteiger charge is -2.12. The monoisotopic (exact) mass is 379 g/mol. The normalized spacial score (nSPS) is 16.0. The Morgan fingerprint density at radius 3 is 2.88 bits per heavy atom. The summed E-state index contributed by atoms with van der Waals surface area (Å²) in [4.78, 5) is 30.5. The summed E-state index contributed by atoms with van der Waals surface area (Å²) in [5.41, 5.74) is 2.14. The fourth-order valence-corrected chi connectivity index (χ4v) is 3.66. The Morgan fingerprint density at radius 1 is 1.24 bits per heavy atom. The number of carbonyl (C=O) groups excluding carboxylic acids is 2. The van der Waals surface area contributed by atoms with Crippen LogP contribution in [0, 0.1) is 0 Å². The highest BCUT2D eigenvalue weighted by molar-refractivity contribution is 8.18. The number of thioether (sulfide) groups is 1. The maximum absolute atomic E-state index is 12.2. The van der Waals surface area contributed by atoms with E-state index in [9.17, 15) is 9.59 Å². The number of imide groups is 1. The Morgan fingerprint density at radius 2 is 2.08 bits per heavy atom. The van der Waals surface area contributed by atoms with Gasteiger partial charge in [-0.3, -0.25) is 14.5 Å². The maximum atomic E-state index is 12.2. The van der Waals surface area contributed by atoms with Crippen molar-refractivity contribution >= 4 is 41.0 Å². The zero-order chi connectivity index (χ0) is 16.9. The van der Waals surface area contributed by atoms with E-state index in [0.717, 1.165) is 49.5 Å². The van der Waals surface area contributed by atoms with Crippen molar-refractivity contribution < 1.29 is 9.59 Å². The molecule has 3 rings (SSSR count). The van der Waals surface area contributed by atoms with Crippen molar-refractivity contribution in [1.82, 2.24) is 14.3 Å². The SMILES string of the molecule is CCC/C=C1/SC(=O)N(CCCCc2cccc3nccn23)C1=O.Cl. The lowest BCUT2D eigenvalue weighted by molar-refractivity contribution is -0.122. The number of imidazole rings is 1. The Hall–Kier alpha value is -1.79. The van der Waals surface area contributed by atoms with Crippen molar-refractivity contribution in [1.29, 1.82) is 0 Å². The van der Waals surface area contributed by atoms with Crippen molar-refractivity contribution in [2.45, 2.75) is 39.0 Å².